The molecular weight excluding hydrogens is 352 g/mol. The van der Waals surface area contributed by atoms with E-state index in [4.69, 9.17) is 14.5 Å². The highest BCUT2D eigenvalue weighted by Crippen LogP contribution is 2.33. The fraction of sp³-hybridized carbons (Fsp3) is 0.273. The maximum atomic E-state index is 5.67. The van der Waals surface area contributed by atoms with Crippen molar-refractivity contribution in [3.63, 3.8) is 0 Å². The molecule has 0 atom stereocenters. The zero-order chi connectivity index (χ0) is 18.9. The number of rotatable bonds is 3. The first kappa shape index (κ1) is 16.9. The molecule has 0 aliphatic carbocycles. The van der Waals surface area contributed by atoms with E-state index in [2.05, 4.69) is 39.5 Å². The molecule has 0 unspecified atom stereocenters. The third-order valence-corrected chi connectivity index (χ3v) is 5.07. The maximum Gasteiger partial charge on any atom is 0.227 e. The third kappa shape index (κ3) is 3.33. The molecule has 3 heterocycles. The van der Waals surface area contributed by atoms with Crippen LogP contribution in [0.5, 0.6) is 11.5 Å². The van der Waals surface area contributed by atoms with Crippen molar-refractivity contribution in [2.24, 2.45) is 0 Å². The Hall–Kier alpha value is -3.28. The van der Waals surface area contributed by atoms with Crippen LogP contribution in [0.2, 0.25) is 0 Å². The SMILES string of the molecule is Cc1cc(Nc2ccc3c(c2)OCCO3)nc(N2CCc3ccccc3C2)n1. The van der Waals surface area contributed by atoms with Crippen molar-refractivity contribution in [3.8, 4) is 11.5 Å². The smallest absolute Gasteiger partial charge is 0.227 e. The van der Waals surface area contributed by atoms with Crippen LogP contribution in [0, 0.1) is 6.92 Å². The van der Waals surface area contributed by atoms with E-state index < -0.39 is 0 Å². The van der Waals surface area contributed by atoms with Crippen LogP contribution < -0.4 is 19.7 Å². The summed E-state index contributed by atoms with van der Waals surface area (Å²) in [5.41, 5.74) is 4.61. The highest BCUT2D eigenvalue weighted by atomic mass is 16.6. The van der Waals surface area contributed by atoms with Crippen LogP contribution in [-0.2, 0) is 13.0 Å². The average molecular weight is 374 g/mol. The molecule has 0 spiro atoms. The Morgan fingerprint density at radius 1 is 0.929 bits per heavy atom. The molecule has 2 aliphatic rings. The quantitative estimate of drug-likeness (QED) is 0.751. The lowest BCUT2D eigenvalue weighted by Crippen LogP contribution is -2.32. The topological polar surface area (TPSA) is 59.5 Å². The lowest BCUT2D eigenvalue weighted by Gasteiger charge is -2.29. The van der Waals surface area contributed by atoms with Gasteiger partial charge in [-0.2, -0.15) is 4.98 Å². The minimum absolute atomic E-state index is 0.573. The molecule has 1 aromatic heterocycles. The Kier molecular flexibility index (Phi) is 4.24. The molecule has 6 heteroatoms. The first-order valence-corrected chi connectivity index (χ1v) is 9.59. The highest BCUT2D eigenvalue weighted by Gasteiger charge is 2.19. The van der Waals surface area contributed by atoms with Gasteiger partial charge in [-0.15, -0.1) is 0 Å². The molecular formula is C22H22N4O2. The predicted molar refractivity (Wildman–Crippen MR) is 109 cm³/mol. The second-order valence-corrected chi connectivity index (χ2v) is 7.12. The van der Waals surface area contributed by atoms with E-state index in [-0.39, 0.29) is 0 Å². The number of hydrogen-bond acceptors (Lipinski definition) is 6. The van der Waals surface area contributed by atoms with E-state index in [1.54, 1.807) is 0 Å². The third-order valence-electron chi connectivity index (χ3n) is 5.07. The van der Waals surface area contributed by atoms with Gasteiger partial charge in [0.25, 0.3) is 0 Å². The molecule has 1 N–H and O–H groups in total. The molecule has 0 saturated heterocycles. The van der Waals surface area contributed by atoms with Crippen LogP contribution in [0.25, 0.3) is 0 Å². The van der Waals surface area contributed by atoms with Crippen LogP contribution in [0.4, 0.5) is 17.5 Å². The standard InChI is InChI=1S/C22H22N4O2/c1-15-12-21(24-18-6-7-19-20(13-18)28-11-10-27-19)25-22(23-15)26-9-8-16-4-2-3-5-17(16)14-26/h2-7,12-13H,8-11,14H2,1H3,(H,23,24,25). The van der Waals surface area contributed by atoms with Crippen molar-refractivity contribution in [1.29, 1.82) is 0 Å². The zero-order valence-electron chi connectivity index (χ0n) is 15.8. The van der Waals surface area contributed by atoms with Gasteiger partial charge < -0.3 is 19.7 Å². The lowest BCUT2D eigenvalue weighted by molar-refractivity contribution is 0.171. The summed E-state index contributed by atoms with van der Waals surface area (Å²) < 4.78 is 11.3. The summed E-state index contributed by atoms with van der Waals surface area (Å²) in [6.45, 7) is 4.92. The summed E-state index contributed by atoms with van der Waals surface area (Å²) in [7, 11) is 0. The molecule has 6 nitrogen and oxygen atoms in total. The first-order valence-electron chi connectivity index (χ1n) is 9.59. The zero-order valence-corrected chi connectivity index (χ0v) is 15.8. The van der Waals surface area contributed by atoms with Gasteiger partial charge in [0.15, 0.2) is 11.5 Å². The molecule has 0 bridgehead atoms. The summed E-state index contributed by atoms with van der Waals surface area (Å²) in [5.74, 6) is 3.07. The number of ether oxygens (including phenoxy) is 2. The largest absolute Gasteiger partial charge is 0.486 e. The number of nitrogens with one attached hydrogen (secondary N) is 1. The Balaban J connectivity index is 1.39. The average Bonchev–Trinajstić information content (AvgIpc) is 2.73. The monoisotopic (exact) mass is 374 g/mol. The first-order chi connectivity index (χ1) is 13.7. The van der Waals surface area contributed by atoms with E-state index in [9.17, 15) is 0 Å². The molecule has 28 heavy (non-hydrogen) atoms. The molecule has 3 aromatic rings. The van der Waals surface area contributed by atoms with Crippen LogP contribution in [0.3, 0.4) is 0 Å². The summed E-state index contributed by atoms with van der Waals surface area (Å²) >= 11 is 0. The van der Waals surface area contributed by atoms with Crippen LogP contribution in [0.1, 0.15) is 16.8 Å². The van der Waals surface area contributed by atoms with Gasteiger partial charge in [-0.3, -0.25) is 0 Å². The van der Waals surface area contributed by atoms with Gasteiger partial charge in [0.2, 0.25) is 5.95 Å². The van der Waals surface area contributed by atoms with E-state index in [1.165, 1.54) is 11.1 Å². The number of benzene rings is 2. The number of hydrogen-bond donors (Lipinski definition) is 1. The van der Waals surface area contributed by atoms with Crippen molar-refractivity contribution in [1.82, 2.24) is 9.97 Å². The highest BCUT2D eigenvalue weighted by molar-refractivity contribution is 5.62. The number of anilines is 3. The molecule has 0 amide bonds. The Morgan fingerprint density at radius 2 is 1.75 bits per heavy atom. The van der Waals surface area contributed by atoms with Crippen LogP contribution in [0.15, 0.2) is 48.5 Å². The van der Waals surface area contributed by atoms with Crippen molar-refractivity contribution in [3.05, 3.63) is 65.4 Å². The van der Waals surface area contributed by atoms with Gasteiger partial charge in [-0.05, 0) is 36.6 Å². The Labute approximate surface area is 164 Å². The molecule has 5 rings (SSSR count). The van der Waals surface area contributed by atoms with E-state index in [0.29, 0.717) is 13.2 Å². The molecule has 0 radical (unpaired) electrons. The van der Waals surface area contributed by atoms with Crippen molar-refractivity contribution in [2.75, 3.05) is 30.0 Å². The second kappa shape index (κ2) is 7.03. The maximum absolute atomic E-state index is 5.67. The fourth-order valence-corrected chi connectivity index (χ4v) is 3.69. The number of aryl methyl sites for hydroxylation is 1. The van der Waals surface area contributed by atoms with Crippen molar-refractivity contribution < 1.29 is 9.47 Å². The van der Waals surface area contributed by atoms with Gasteiger partial charge in [-0.1, -0.05) is 24.3 Å². The van der Waals surface area contributed by atoms with Gasteiger partial charge in [0.05, 0.1) is 0 Å². The molecule has 2 aliphatic heterocycles. The molecule has 0 fully saturated rings. The minimum Gasteiger partial charge on any atom is -0.486 e. The van der Waals surface area contributed by atoms with Gasteiger partial charge in [-0.25, -0.2) is 4.98 Å². The molecule has 142 valence electrons. The van der Waals surface area contributed by atoms with Gasteiger partial charge >= 0.3 is 0 Å². The summed E-state index contributed by atoms with van der Waals surface area (Å²) in [5, 5.41) is 3.38. The minimum atomic E-state index is 0.573. The Morgan fingerprint density at radius 3 is 2.64 bits per heavy atom. The number of aromatic nitrogens is 2. The normalized spacial score (nSPS) is 15.1. The van der Waals surface area contributed by atoms with E-state index >= 15 is 0 Å². The molecule has 2 aromatic carbocycles. The fourth-order valence-electron chi connectivity index (χ4n) is 3.69. The van der Waals surface area contributed by atoms with Crippen LogP contribution in [-0.4, -0.2) is 29.7 Å². The summed E-state index contributed by atoms with van der Waals surface area (Å²) in [6, 6.07) is 16.4. The van der Waals surface area contributed by atoms with Crippen LogP contribution >= 0.6 is 0 Å². The lowest BCUT2D eigenvalue weighted by atomic mass is 10.0. The predicted octanol–water partition coefficient (Wildman–Crippen LogP) is 3.86. The second-order valence-electron chi connectivity index (χ2n) is 7.12. The number of nitrogens with zero attached hydrogens (tertiary/aromatic N) is 3. The van der Waals surface area contributed by atoms with Crippen molar-refractivity contribution in [2.45, 2.75) is 19.9 Å². The molecule has 0 saturated carbocycles. The Bertz CT molecular complexity index is 1020. The van der Waals surface area contributed by atoms with Crippen molar-refractivity contribution >= 4 is 17.5 Å². The van der Waals surface area contributed by atoms with E-state index in [0.717, 1.165) is 54.2 Å². The number of fused-ring (bicyclic) bond motifs is 2. The summed E-state index contributed by atoms with van der Waals surface area (Å²) in [6.07, 6.45) is 1.01. The van der Waals surface area contributed by atoms with Gasteiger partial charge in [0, 0.05) is 36.6 Å². The van der Waals surface area contributed by atoms with Gasteiger partial charge in [0.1, 0.15) is 19.0 Å². The van der Waals surface area contributed by atoms with E-state index in [1.807, 2.05) is 31.2 Å². The summed E-state index contributed by atoms with van der Waals surface area (Å²) in [4.78, 5) is 11.7.